The Kier molecular flexibility index (Phi) is 25.5. The summed E-state index contributed by atoms with van der Waals surface area (Å²) in [5, 5.41) is 11.5. The van der Waals surface area contributed by atoms with Crippen LogP contribution in [-0.2, 0) is 28.6 Å². The molecule has 42 heavy (non-hydrogen) atoms. The van der Waals surface area contributed by atoms with E-state index in [0.717, 1.165) is 51.4 Å². The Balaban J connectivity index is 4.29. The van der Waals surface area contributed by atoms with Crippen molar-refractivity contribution in [2.45, 2.75) is 148 Å². The maximum absolute atomic E-state index is 12.5. The van der Waals surface area contributed by atoms with E-state index < -0.39 is 18.1 Å². The van der Waals surface area contributed by atoms with Gasteiger partial charge >= 0.3 is 11.9 Å². The molecule has 0 aliphatic carbocycles. The van der Waals surface area contributed by atoms with Crippen LogP contribution in [0.25, 0.3) is 0 Å². The Labute approximate surface area is 257 Å². The van der Waals surface area contributed by atoms with Gasteiger partial charge in [0, 0.05) is 19.3 Å². The van der Waals surface area contributed by atoms with Gasteiger partial charge < -0.3 is 28.6 Å². The van der Waals surface area contributed by atoms with Crippen molar-refractivity contribution in [1.29, 1.82) is 0 Å². The third-order valence-electron chi connectivity index (χ3n) is 7.40. The zero-order valence-corrected chi connectivity index (χ0v) is 27.7. The lowest BCUT2D eigenvalue weighted by molar-refractivity contribution is -0.889. The number of hydrogen-bond acceptors (Lipinski definition) is 7. The first-order valence-corrected chi connectivity index (χ1v) is 16.7. The lowest BCUT2D eigenvalue weighted by Gasteiger charge is -2.34. The molecule has 0 aliphatic heterocycles. The van der Waals surface area contributed by atoms with Crippen LogP contribution in [0.1, 0.15) is 136 Å². The summed E-state index contributed by atoms with van der Waals surface area (Å²) in [6.45, 7) is 4.46. The first-order valence-electron chi connectivity index (χ1n) is 16.7. The topological polar surface area (TPSA) is 102 Å². The van der Waals surface area contributed by atoms with E-state index in [2.05, 4.69) is 26.0 Å². The number of rotatable bonds is 29. The maximum Gasteiger partial charge on any atom is 0.306 e. The molecule has 0 amide bonds. The second kappa shape index (κ2) is 26.7. The summed E-state index contributed by atoms with van der Waals surface area (Å²) in [6, 6.07) is -0.719. The molecule has 246 valence electrons. The number of carbonyl (C=O) groups is 3. The minimum Gasteiger partial charge on any atom is -0.544 e. The van der Waals surface area contributed by atoms with E-state index in [4.69, 9.17) is 14.2 Å². The summed E-state index contributed by atoms with van der Waals surface area (Å²) in [4.78, 5) is 36.0. The van der Waals surface area contributed by atoms with E-state index in [1.54, 1.807) is 21.1 Å². The Hall–Kier alpha value is -1.93. The van der Waals surface area contributed by atoms with Crippen LogP contribution in [0.5, 0.6) is 0 Å². The molecule has 0 N–H and O–H groups in total. The monoisotopic (exact) mass is 597 g/mol. The SMILES string of the molecule is CCCCCCCC/C=C\CCCCCCCC(=O)OC(COCCC(C(=O)[O-])[N+](C)(C)C)COC(=O)CCCCC. The lowest BCUT2D eigenvalue weighted by Crippen LogP contribution is -2.55. The molecule has 0 spiro atoms. The zero-order valence-electron chi connectivity index (χ0n) is 27.7. The van der Waals surface area contributed by atoms with Gasteiger partial charge in [-0.2, -0.15) is 0 Å². The van der Waals surface area contributed by atoms with Gasteiger partial charge in [-0.1, -0.05) is 90.2 Å². The van der Waals surface area contributed by atoms with Crippen molar-refractivity contribution in [1.82, 2.24) is 0 Å². The van der Waals surface area contributed by atoms with E-state index in [1.807, 2.05) is 0 Å². The minimum atomic E-state index is -1.13. The zero-order chi connectivity index (χ0) is 31.5. The van der Waals surface area contributed by atoms with Gasteiger partial charge in [0.2, 0.25) is 0 Å². The summed E-state index contributed by atoms with van der Waals surface area (Å²) < 4.78 is 16.8. The van der Waals surface area contributed by atoms with E-state index in [-0.39, 0.29) is 42.7 Å². The Morgan fingerprint density at radius 2 is 1.19 bits per heavy atom. The number of carboxylic acid groups (broad SMARTS) is 1. The predicted molar refractivity (Wildman–Crippen MR) is 167 cm³/mol. The molecule has 8 nitrogen and oxygen atoms in total. The van der Waals surface area contributed by atoms with Gasteiger partial charge in [-0.15, -0.1) is 0 Å². The quantitative estimate of drug-likeness (QED) is 0.0432. The summed E-state index contributed by atoms with van der Waals surface area (Å²) in [5.74, 6) is -1.78. The number of carbonyl (C=O) groups excluding carboxylic acids is 3. The van der Waals surface area contributed by atoms with Crippen LogP contribution in [0, 0.1) is 0 Å². The second-order valence-corrected chi connectivity index (χ2v) is 12.4. The highest BCUT2D eigenvalue weighted by atomic mass is 16.6. The van der Waals surface area contributed by atoms with Crippen molar-refractivity contribution < 1.29 is 38.2 Å². The molecule has 0 aliphatic rings. The second-order valence-electron chi connectivity index (χ2n) is 12.4. The molecule has 0 fully saturated rings. The van der Waals surface area contributed by atoms with Gasteiger partial charge in [0.25, 0.3) is 0 Å². The van der Waals surface area contributed by atoms with Gasteiger partial charge in [-0.05, 0) is 38.5 Å². The maximum atomic E-state index is 12.5. The van der Waals surface area contributed by atoms with E-state index >= 15 is 0 Å². The summed E-state index contributed by atoms with van der Waals surface area (Å²) in [5.41, 5.74) is 0. The van der Waals surface area contributed by atoms with E-state index in [9.17, 15) is 19.5 Å². The number of carboxylic acids is 1. The first-order chi connectivity index (χ1) is 20.1. The number of quaternary nitrogens is 1. The average molecular weight is 598 g/mol. The molecule has 0 aromatic rings. The standard InChI is InChI=1S/C34H63NO7/c1-6-8-10-11-12-13-14-15-16-17-18-19-20-21-23-25-33(37)42-30(29-41-32(36)24-22-9-7-2)28-40-27-26-31(34(38)39)35(3,4)5/h15-16,30-31H,6-14,17-29H2,1-5H3/b16-15-. The van der Waals surface area contributed by atoms with Crippen molar-refractivity contribution in [2.24, 2.45) is 0 Å². The molecular formula is C34H63NO7. The lowest BCUT2D eigenvalue weighted by atomic mass is 10.1. The van der Waals surface area contributed by atoms with Crippen LogP contribution in [0.15, 0.2) is 12.2 Å². The minimum absolute atomic E-state index is 0.0390. The molecule has 0 aromatic heterocycles. The fourth-order valence-corrected chi connectivity index (χ4v) is 4.71. The number of aliphatic carboxylic acids is 1. The van der Waals surface area contributed by atoms with Gasteiger partial charge in [-0.3, -0.25) is 9.59 Å². The van der Waals surface area contributed by atoms with Crippen molar-refractivity contribution in [3.8, 4) is 0 Å². The van der Waals surface area contributed by atoms with Crippen LogP contribution in [0.4, 0.5) is 0 Å². The van der Waals surface area contributed by atoms with Gasteiger partial charge in [-0.25, -0.2) is 0 Å². The number of hydrogen-bond donors (Lipinski definition) is 0. The highest BCUT2D eigenvalue weighted by Crippen LogP contribution is 2.12. The third kappa shape index (κ3) is 24.6. The van der Waals surface area contributed by atoms with Crippen LogP contribution in [-0.4, -0.2) is 75.5 Å². The van der Waals surface area contributed by atoms with Gasteiger partial charge in [0.1, 0.15) is 12.6 Å². The number of nitrogens with zero attached hydrogens (tertiary/aromatic N) is 1. The van der Waals surface area contributed by atoms with E-state index in [0.29, 0.717) is 12.8 Å². The fraction of sp³-hybridized carbons (Fsp3) is 0.853. The highest BCUT2D eigenvalue weighted by molar-refractivity contribution is 5.70. The number of unbranched alkanes of at least 4 members (excludes halogenated alkanes) is 13. The van der Waals surface area contributed by atoms with E-state index in [1.165, 1.54) is 51.4 Å². The Bertz CT molecular complexity index is 717. The van der Waals surface area contributed by atoms with Gasteiger partial charge in [0.15, 0.2) is 6.10 Å². The molecule has 2 atom stereocenters. The molecule has 8 heteroatoms. The number of likely N-dealkylation sites (N-methyl/N-ethyl adjacent to an activating group) is 1. The third-order valence-corrected chi connectivity index (χ3v) is 7.40. The Morgan fingerprint density at radius 1 is 0.690 bits per heavy atom. The fourth-order valence-electron chi connectivity index (χ4n) is 4.71. The largest absolute Gasteiger partial charge is 0.544 e. The van der Waals surface area contributed by atoms with Gasteiger partial charge in [0.05, 0.1) is 40.3 Å². The summed E-state index contributed by atoms with van der Waals surface area (Å²) >= 11 is 0. The molecule has 0 saturated heterocycles. The van der Waals surface area contributed by atoms with Crippen molar-refractivity contribution in [3.63, 3.8) is 0 Å². The predicted octanol–water partition coefficient (Wildman–Crippen LogP) is 6.29. The molecule has 0 saturated carbocycles. The normalized spacial score (nSPS) is 13.3. The average Bonchev–Trinajstić information content (AvgIpc) is 2.92. The molecule has 0 radical (unpaired) electrons. The number of allylic oxidation sites excluding steroid dienone is 2. The van der Waals surface area contributed by atoms with Crippen molar-refractivity contribution in [2.75, 3.05) is 41.0 Å². The molecule has 0 bridgehead atoms. The number of ether oxygens (including phenoxy) is 3. The van der Waals surface area contributed by atoms with Crippen LogP contribution in [0.3, 0.4) is 0 Å². The molecule has 0 heterocycles. The van der Waals surface area contributed by atoms with Crippen LogP contribution in [0.2, 0.25) is 0 Å². The Morgan fingerprint density at radius 3 is 1.76 bits per heavy atom. The summed E-state index contributed by atoms with van der Waals surface area (Å²) in [7, 11) is 5.37. The van der Waals surface area contributed by atoms with Crippen LogP contribution >= 0.6 is 0 Å². The van der Waals surface area contributed by atoms with Crippen molar-refractivity contribution >= 4 is 17.9 Å². The molecule has 2 unspecified atom stereocenters. The van der Waals surface area contributed by atoms with Crippen molar-refractivity contribution in [3.05, 3.63) is 12.2 Å². The van der Waals surface area contributed by atoms with Crippen LogP contribution < -0.4 is 5.11 Å². The smallest absolute Gasteiger partial charge is 0.306 e. The highest BCUT2D eigenvalue weighted by Gasteiger charge is 2.25. The molecule has 0 rings (SSSR count). The number of esters is 2. The summed E-state index contributed by atoms with van der Waals surface area (Å²) in [6.07, 6.45) is 23.0. The first kappa shape index (κ1) is 40.1. The molecule has 0 aromatic carbocycles. The molecular weight excluding hydrogens is 534 g/mol.